The first kappa shape index (κ1) is 23.6. The molecule has 0 spiro atoms. The van der Waals surface area contributed by atoms with Gasteiger partial charge in [-0.1, -0.05) is 36.4 Å². The van der Waals surface area contributed by atoms with Gasteiger partial charge in [0.2, 0.25) is 5.88 Å². The first-order valence-corrected chi connectivity index (χ1v) is 11.1. The van der Waals surface area contributed by atoms with Crippen molar-refractivity contribution in [2.45, 2.75) is 19.0 Å². The Balaban J connectivity index is 1.52. The van der Waals surface area contributed by atoms with Gasteiger partial charge in [-0.05, 0) is 42.0 Å². The van der Waals surface area contributed by atoms with E-state index in [0.29, 0.717) is 34.6 Å². The fourth-order valence-electron chi connectivity index (χ4n) is 3.89. The Morgan fingerprint density at radius 1 is 0.972 bits per heavy atom. The Labute approximate surface area is 203 Å². The summed E-state index contributed by atoms with van der Waals surface area (Å²) in [5.41, 5.74) is 3.92. The third-order valence-electron chi connectivity index (χ3n) is 5.50. The minimum absolute atomic E-state index is 0.0664. The molecule has 4 aromatic rings. The summed E-state index contributed by atoms with van der Waals surface area (Å²) in [4.78, 5) is 4.42. The molecular formula is C26H21F4N5O. The summed E-state index contributed by atoms with van der Waals surface area (Å²) in [7, 11) is 0. The highest BCUT2D eigenvalue weighted by molar-refractivity contribution is 5.95. The van der Waals surface area contributed by atoms with Crippen molar-refractivity contribution in [1.29, 1.82) is 0 Å². The Morgan fingerprint density at radius 3 is 2.50 bits per heavy atom. The van der Waals surface area contributed by atoms with E-state index in [4.69, 9.17) is 4.74 Å². The number of allylic oxidation sites excluding steroid dienone is 1. The van der Waals surface area contributed by atoms with Crippen LogP contribution in [0, 0.1) is 5.82 Å². The molecule has 0 amide bonds. The number of ether oxygens (including phenoxy) is 1. The molecule has 3 heterocycles. The number of fused-ring (bicyclic) bond motifs is 1. The molecule has 5 rings (SSSR count). The molecule has 0 radical (unpaired) electrons. The number of pyridine rings is 1. The molecule has 6 nitrogen and oxygen atoms in total. The second-order valence-electron chi connectivity index (χ2n) is 8.09. The lowest BCUT2D eigenvalue weighted by molar-refractivity contribution is -0.154. The quantitative estimate of drug-likeness (QED) is 0.348. The predicted octanol–water partition coefficient (Wildman–Crippen LogP) is 5.17. The first-order valence-electron chi connectivity index (χ1n) is 11.1. The smallest absolute Gasteiger partial charge is 0.422 e. The fourth-order valence-corrected chi connectivity index (χ4v) is 3.89. The number of hydrogen-bond acceptors (Lipinski definition) is 5. The van der Waals surface area contributed by atoms with E-state index in [1.807, 2.05) is 30.3 Å². The van der Waals surface area contributed by atoms with Gasteiger partial charge in [0.05, 0.1) is 11.1 Å². The van der Waals surface area contributed by atoms with Crippen molar-refractivity contribution >= 4 is 17.4 Å². The highest BCUT2D eigenvalue weighted by Crippen LogP contribution is 2.34. The molecular weight excluding hydrogens is 474 g/mol. The van der Waals surface area contributed by atoms with Gasteiger partial charge in [-0.3, -0.25) is 10.3 Å². The number of alkyl halides is 3. The second kappa shape index (κ2) is 9.82. The van der Waals surface area contributed by atoms with E-state index in [2.05, 4.69) is 20.7 Å². The topological polar surface area (TPSA) is 63.0 Å². The van der Waals surface area contributed by atoms with Crippen molar-refractivity contribution < 1.29 is 22.3 Å². The normalized spacial score (nSPS) is 15.6. The molecule has 0 aliphatic carbocycles. The zero-order chi connectivity index (χ0) is 25.1. The average molecular weight is 495 g/mol. The van der Waals surface area contributed by atoms with Crippen LogP contribution in [0.2, 0.25) is 0 Å². The van der Waals surface area contributed by atoms with Gasteiger partial charge in [-0.2, -0.15) is 22.8 Å². The molecule has 0 bridgehead atoms. The number of aromatic nitrogens is 2. The van der Waals surface area contributed by atoms with Crippen LogP contribution in [-0.4, -0.2) is 34.9 Å². The van der Waals surface area contributed by atoms with Gasteiger partial charge in [-0.25, -0.2) is 4.39 Å². The summed E-state index contributed by atoms with van der Waals surface area (Å²) in [6.07, 6.45) is -1.55. The van der Waals surface area contributed by atoms with Crippen molar-refractivity contribution in [2.24, 2.45) is 4.99 Å². The van der Waals surface area contributed by atoms with Gasteiger partial charge < -0.3 is 10.1 Å². The maximum atomic E-state index is 13.6. The standard InChI is InChI=1S/C26H21F4N5O/c27-19-11-9-18(10-12-19)24-23(21-7-4-8-22(35(21)34-24)36-16-26(28,29)30)20-13-14-31-25(33-20)32-15-17-5-2-1-3-6-17/h1-14,25,32-33H,15-16H2. The van der Waals surface area contributed by atoms with Crippen LogP contribution in [0.4, 0.5) is 17.6 Å². The lowest BCUT2D eigenvalue weighted by Gasteiger charge is -2.22. The summed E-state index contributed by atoms with van der Waals surface area (Å²) in [6, 6.07) is 20.3. The van der Waals surface area contributed by atoms with Gasteiger partial charge >= 0.3 is 6.18 Å². The van der Waals surface area contributed by atoms with E-state index in [0.717, 1.165) is 5.56 Å². The third-order valence-corrected chi connectivity index (χ3v) is 5.50. The van der Waals surface area contributed by atoms with Gasteiger partial charge in [0, 0.05) is 30.1 Å². The molecule has 0 saturated heterocycles. The third kappa shape index (κ3) is 5.23. The summed E-state index contributed by atoms with van der Waals surface area (Å²) in [5, 5.41) is 11.2. The molecule has 2 N–H and O–H groups in total. The Morgan fingerprint density at radius 2 is 1.75 bits per heavy atom. The van der Waals surface area contributed by atoms with Crippen LogP contribution in [-0.2, 0) is 6.54 Å². The zero-order valence-corrected chi connectivity index (χ0v) is 18.8. The van der Waals surface area contributed by atoms with E-state index in [-0.39, 0.29) is 5.88 Å². The summed E-state index contributed by atoms with van der Waals surface area (Å²) in [6.45, 7) is -0.885. The molecule has 2 aromatic carbocycles. The number of aliphatic imine (C=N–C) groups is 1. The molecule has 10 heteroatoms. The number of nitrogens with one attached hydrogen (secondary N) is 2. The minimum atomic E-state index is -4.50. The van der Waals surface area contributed by atoms with Crippen LogP contribution in [0.5, 0.6) is 5.88 Å². The minimum Gasteiger partial charge on any atom is -0.468 e. The van der Waals surface area contributed by atoms with Crippen LogP contribution in [0.1, 0.15) is 11.1 Å². The van der Waals surface area contributed by atoms with Crippen LogP contribution < -0.4 is 15.4 Å². The number of hydrogen-bond donors (Lipinski definition) is 2. The largest absolute Gasteiger partial charge is 0.468 e. The Hall–Kier alpha value is -4.18. The number of halogens is 4. The van der Waals surface area contributed by atoms with E-state index >= 15 is 0 Å². The van der Waals surface area contributed by atoms with Crippen LogP contribution in [0.25, 0.3) is 22.5 Å². The van der Waals surface area contributed by atoms with Crippen molar-refractivity contribution in [2.75, 3.05) is 6.61 Å². The molecule has 184 valence electrons. The van der Waals surface area contributed by atoms with Crippen LogP contribution in [0.3, 0.4) is 0 Å². The predicted molar refractivity (Wildman–Crippen MR) is 129 cm³/mol. The van der Waals surface area contributed by atoms with E-state index in [1.54, 1.807) is 36.6 Å². The number of rotatable bonds is 7. The lowest BCUT2D eigenvalue weighted by Crippen LogP contribution is -2.41. The summed E-state index contributed by atoms with van der Waals surface area (Å²) in [5.74, 6) is -0.478. The molecule has 36 heavy (non-hydrogen) atoms. The van der Waals surface area contributed by atoms with Crippen molar-refractivity contribution in [1.82, 2.24) is 20.2 Å². The van der Waals surface area contributed by atoms with Crippen LogP contribution in [0.15, 0.2) is 83.9 Å². The number of benzene rings is 2. The Kier molecular flexibility index (Phi) is 6.43. The van der Waals surface area contributed by atoms with Gasteiger partial charge in [-0.15, -0.1) is 0 Å². The van der Waals surface area contributed by atoms with Crippen molar-refractivity contribution in [3.8, 4) is 17.1 Å². The van der Waals surface area contributed by atoms with Gasteiger partial charge in [0.1, 0.15) is 11.5 Å². The SMILES string of the molecule is Fc1ccc(-c2nn3c(OCC(F)(F)F)cccc3c2C2=CC=NC(NCc3ccccc3)N2)cc1. The van der Waals surface area contributed by atoms with Gasteiger partial charge in [0.25, 0.3) is 0 Å². The van der Waals surface area contributed by atoms with E-state index in [9.17, 15) is 17.6 Å². The summed E-state index contributed by atoms with van der Waals surface area (Å²) < 4.78 is 58.5. The molecule has 2 aromatic heterocycles. The molecule has 1 unspecified atom stereocenters. The molecule has 1 atom stereocenters. The summed E-state index contributed by atoms with van der Waals surface area (Å²) >= 11 is 0. The Bertz CT molecular complexity index is 1410. The fraction of sp³-hybridized carbons (Fsp3) is 0.154. The van der Waals surface area contributed by atoms with Crippen LogP contribution >= 0.6 is 0 Å². The van der Waals surface area contributed by atoms with E-state index in [1.165, 1.54) is 22.7 Å². The highest BCUT2D eigenvalue weighted by Gasteiger charge is 2.29. The number of nitrogens with zero attached hydrogens (tertiary/aromatic N) is 3. The molecule has 0 saturated carbocycles. The maximum Gasteiger partial charge on any atom is 0.422 e. The highest BCUT2D eigenvalue weighted by atomic mass is 19.4. The van der Waals surface area contributed by atoms with E-state index < -0.39 is 24.9 Å². The monoisotopic (exact) mass is 495 g/mol. The molecule has 1 aliphatic heterocycles. The molecule has 0 fully saturated rings. The van der Waals surface area contributed by atoms with Gasteiger partial charge in [0.15, 0.2) is 12.9 Å². The molecule has 1 aliphatic rings. The zero-order valence-electron chi connectivity index (χ0n) is 18.8. The maximum absolute atomic E-state index is 13.6. The second-order valence-corrected chi connectivity index (χ2v) is 8.09. The van der Waals surface area contributed by atoms with Crippen molar-refractivity contribution in [3.05, 3.63) is 95.8 Å². The first-order chi connectivity index (χ1) is 17.4. The van der Waals surface area contributed by atoms with Crippen molar-refractivity contribution in [3.63, 3.8) is 0 Å². The average Bonchev–Trinajstić information content (AvgIpc) is 3.27. The lowest BCUT2D eigenvalue weighted by atomic mass is 10.0.